The Labute approximate surface area is 56.9 Å². The normalized spacial score (nSPS) is 12.3. The van der Waals surface area contributed by atoms with E-state index in [1.165, 1.54) is 0 Å². The minimum atomic E-state index is 0.620. The molecule has 0 N–H and O–H groups in total. The van der Waals surface area contributed by atoms with Crippen molar-refractivity contribution >= 4 is 5.90 Å². The van der Waals surface area contributed by atoms with E-state index in [0.717, 1.165) is 12.4 Å². The Morgan fingerprint density at radius 1 is 1.56 bits per heavy atom. The van der Waals surface area contributed by atoms with Crippen LogP contribution in [-0.4, -0.2) is 19.6 Å². The van der Waals surface area contributed by atoms with Crippen LogP contribution < -0.4 is 0 Å². The predicted octanol–water partition coefficient (Wildman–Crippen LogP) is 1.71. The van der Waals surface area contributed by atoms with E-state index in [9.17, 15) is 0 Å². The van der Waals surface area contributed by atoms with Gasteiger partial charge in [0.05, 0.1) is 7.11 Å². The lowest BCUT2D eigenvalue weighted by Crippen LogP contribution is -1.99. The molecule has 0 aliphatic carbocycles. The first kappa shape index (κ1) is 8.47. The van der Waals surface area contributed by atoms with Crippen LogP contribution in [0.4, 0.5) is 0 Å². The summed E-state index contributed by atoms with van der Waals surface area (Å²) in [5.74, 6) is 1.39. The van der Waals surface area contributed by atoms with Gasteiger partial charge in [-0.1, -0.05) is 13.8 Å². The second kappa shape index (κ2) is 4.36. The Kier molecular flexibility index (Phi) is 4.10. The van der Waals surface area contributed by atoms with Gasteiger partial charge in [-0.2, -0.15) is 0 Å². The molecule has 0 aromatic heterocycles. The van der Waals surface area contributed by atoms with E-state index >= 15 is 0 Å². The molecule has 0 spiro atoms. The number of hydrogen-bond donors (Lipinski definition) is 0. The first-order valence-electron chi connectivity index (χ1n) is 3.22. The van der Waals surface area contributed by atoms with Crippen LogP contribution >= 0.6 is 0 Å². The molecule has 54 valence electrons. The molecule has 0 aromatic rings. The molecule has 9 heavy (non-hydrogen) atoms. The van der Waals surface area contributed by atoms with E-state index < -0.39 is 0 Å². The number of rotatable bonds is 2. The largest absolute Gasteiger partial charge is 0.484 e. The predicted molar refractivity (Wildman–Crippen MR) is 39.8 cm³/mol. The van der Waals surface area contributed by atoms with Gasteiger partial charge in [0.25, 0.3) is 0 Å². The third kappa shape index (κ3) is 5.34. The summed E-state index contributed by atoms with van der Waals surface area (Å²) in [5.41, 5.74) is 0. The summed E-state index contributed by atoms with van der Waals surface area (Å²) in [6.07, 6.45) is 0. The number of nitrogens with zero attached hydrogens (tertiary/aromatic N) is 1. The fourth-order valence-electron chi connectivity index (χ4n) is 0.376. The van der Waals surface area contributed by atoms with E-state index in [1.54, 1.807) is 7.11 Å². The summed E-state index contributed by atoms with van der Waals surface area (Å²) in [4.78, 5) is 4.14. The first-order valence-corrected chi connectivity index (χ1v) is 3.22. The highest BCUT2D eigenvalue weighted by molar-refractivity contribution is 5.72. The SMILES string of the molecule is COC(C)=NCC(C)C. The van der Waals surface area contributed by atoms with Gasteiger partial charge in [-0.25, -0.2) is 0 Å². The van der Waals surface area contributed by atoms with Crippen LogP contribution in [0.2, 0.25) is 0 Å². The Balaban J connectivity index is 3.43. The van der Waals surface area contributed by atoms with Crippen LogP contribution in [0, 0.1) is 5.92 Å². The van der Waals surface area contributed by atoms with Gasteiger partial charge < -0.3 is 4.74 Å². The van der Waals surface area contributed by atoms with E-state index in [2.05, 4.69) is 18.8 Å². The molecular formula is C7H15NO. The van der Waals surface area contributed by atoms with Gasteiger partial charge in [-0.05, 0) is 5.92 Å². The van der Waals surface area contributed by atoms with Crippen LogP contribution in [0.5, 0.6) is 0 Å². The average molecular weight is 129 g/mol. The van der Waals surface area contributed by atoms with E-state index in [1.807, 2.05) is 6.92 Å². The Morgan fingerprint density at radius 2 is 2.11 bits per heavy atom. The fraction of sp³-hybridized carbons (Fsp3) is 0.857. The minimum absolute atomic E-state index is 0.620. The van der Waals surface area contributed by atoms with E-state index in [0.29, 0.717) is 5.92 Å². The second-order valence-corrected chi connectivity index (χ2v) is 2.46. The number of methoxy groups -OCH3 is 1. The summed E-state index contributed by atoms with van der Waals surface area (Å²) in [6.45, 7) is 6.99. The highest BCUT2D eigenvalue weighted by Gasteiger charge is 1.90. The van der Waals surface area contributed by atoms with Gasteiger partial charge in [0.2, 0.25) is 0 Å². The molecular weight excluding hydrogens is 114 g/mol. The van der Waals surface area contributed by atoms with Crippen molar-refractivity contribution in [2.24, 2.45) is 10.9 Å². The smallest absolute Gasteiger partial charge is 0.179 e. The second-order valence-electron chi connectivity index (χ2n) is 2.46. The van der Waals surface area contributed by atoms with Crippen molar-refractivity contribution in [1.29, 1.82) is 0 Å². The summed E-state index contributed by atoms with van der Waals surface area (Å²) < 4.78 is 4.85. The van der Waals surface area contributed by atoms with Gasteiger partial charge >= 0.3 is 0 Å². The van der Waals surface area contributed by atoms with E-state index in [-0.39, 0.29) is 0 Å². The quantitative estimate of drug-likeness (QED) is 0.411. The summed E-state index contributed by atoms with van der Waals surface area (Å²) in [6, 6.07) is 0. The zero-order valence-corrected chi connectivity index (χ0v) is 6.64. The zero-order chi connectivity index (χ0) is 7.28. The Bertz CT molecular complexity index is 97.1. The lowest BCUT2D eigenvalue weighted by Gasteiger charge is -1.99. The van der Waals surface area contributed by atoms with Gasteiger partial charge in [-0.3, -0.25) is 4.99 Å². The van der Waals surface area contributed by atoms with Crippen LogP contribution in [0.25, 0.3) is 0 Å². The van der Waals surface area contributed by atoms with Crippen molar-refractivity contribution in [3.8, 4) is 0 Å². The maximum absolute atomic E-state index is 4.85. The fourth-order valence-corrected chi connectivity index (χ4v) is 0.376. The minimum Gasteiger partial charge on any atom is -0.484 e. The van der Waals surface area contributed by atoms with Crippen molar-refractivity contribution in [1.82, 2.24) is 0 Å². The molecule has 0 aromatic carbocycles. The van der Waals surface area contributed by atoms with Crippen LogP contribution in [0.3, 0.4) is 0 Å². The molecule has 0 fully saturated rings. The van der Waals surface area contributed by atoms with Crippen molar-refractivity contribution in [3.63, 3.8) is 0 Å². The molecule has 0 amide bonds. The van der Waals surface area contributed by atoms with Gasteiger partial charge in [0.1, 0.15) is 0 Å². The van der Waals surface area contributed by atoms with Crippen molar-refractivity contribution < 1.29 is 4.74 Å². The molecule has 0 atom stereocenters. The topological polar surface area (TPSA) is 21.6 Å². The monoisotopic (exact) mass is 129 g/mol. The zero-order valence-electron chi connectivity index (χ0n) is 6.64. The standard InChI is InChI=1S/C7H15NO/c1-6(2)5-8-7(3)9-4/h6H,5H2,1-4H3. The van der Waals surface area contributed by atoms with Crippen molar-refractivity contribution in [2.75, 3.05) is 13.7 Å². The molecule has 0 aliphatic rings. The molecule has 0 saturated carbocycles. The summed E-state index contributed by atoms with van der Waals surface area (Å²) in [5, 5.41) is 0. The molecule has 0 bridgehead atoms. The van der Waals surface area contributed by atoms with Gasteiger partial charge in [-0.15, -0.1) is 0 Å². The number of aliphatic imine (C=N–C) groups is 1. The average Bonchev–Trinajstić information content (AvgIpc) is 1.83. The summed E-state index contributed by atoms with van der Waals surface area (Å²) in [7, 11) is 1.64. The van der Waals surface area contributed by atoms with Gasteiger partial charge in [0.15, 0.2) is 5.90 Å². The number of hydrogen-bond acceptors (Lipinski definition) is 2. The Hall–Kier alpha value is -0.530. The molecule has 0 rings (SSSR count). The van der Waals surface area contributed by atoms with Gasteiger partial charge in [0, 0.05) is 13.5 Å². The maximum atomic E-state index is 4.85. The molecule has 0 saturated heterocycles. The lowest BCUT2D eigenvalue weighted by atomic mass is 10.2. The highest BCUT2D eigenvalue weighted by Crippen LogP contribution is 1.92. The molecule has 0 heterocycles. The maximum Gasteiger partial charge on any atom is 0.179 e. The Morgan fingerprint density at radius 3 is 2.44 bits per heavy atom. The van der Waals surface area contributed by atoms with Crippen LogP contribution in [-0.2, 0) is 4.74 Å². The molecule has 2 heteroatoms. The van der Waals surface area contributed by atoms with E-state index in [4.69, 9.17) is 4.74 Å². The molecule has 0 radical (unpaired) electrons. The summed E-state index contributed by atoms with van der Waals surface area (Å²) >= 11 is 0. The molecule has 2 nitrogen and oxygen atoms in total. The molecule has 0 aliphatic heterocycles. The third-order valence-corrected chi connectivity index (χ3v) is 0.975. The van der Waals surface area contributed by atoms with Crippen LogP contribution in [0.15, 0.2) is 4.99 Å². The molecule has 0 unspecified atom stereocenters. The number of ether oxygens (including phenoxy) is 1. The third-order valence-electron chi connectivity index (χ3n) is 0.975. The highest BCUT2D eigenvalue weighted by atomic mass is 16.5. The van der Waals surface area contributed by atoms with Crippen LogP contribution in [0.1, 0.15) is 20.8 Å². The lowest BCUT2D eigenvalue weighted by molar-refractivity contribution is 0.396. The van der Waals surface area contributed by atoms with Crippen molar-refractivity contribution in [2.45, 2.75) is 20.8 Å². The first-order chi connectivity index (χ1) is 4.16. The van der Waals surface area contributed by atoms with Crippen molar-refractivity contribution in [3.05, 3.63) is 0 Å².